The van der Waals surface area contributed by atoms with Gasteiger partial charge in [-0.3, -0.25) is 9.59 Å². The minimum atomic E-state index is -1.14. The number of rotatable bonds is 5. The highest BCUT2D eigenvalue weighted by molar-refractivity contribution is 6.01. The summed E-state index contributed by atoms with van der Waals surface area (Å²) in [4.78, 5) is 24.8. The van der Waals surface area contributed by atoms with Crippen LogP contribution in [0.3, 0.4) is 0 Å². The number of ether oxygens (including phenoxy) is 2. The zero-order valence-electron chi connectivity index (χ0n) is 12.9. The van der Waals surface area contributed by atoms with Gasteiger partial charge in [-0.25, -0.2) is 0 Å². The minimum Gasteiger partial charge on any atom is -0.465 e. The molecule has 0 saturated heterocycles. The van der Waals surface area contributed by atoms with Crippen LogP contribution in [0, 0.1) is 16.2 Å². The lowest BCUT2D eigenvalue weighted by molar-refractivity contribution is -0.173. The molecule has 0 aromatic carbocycles. The molecule has 4 heteroatoms. The lowest BCUT2D eigenvalue weighted by atomic mass is 9.79. The molecule has 2 aliphatic rings. The average molecular weight is 280 g/mol. The summed E-state index contributed by atoms with van der Waals surface area (Å²) >= 11 is 0. The van der Waals surface area contributed by atoms with Crippen molar-refractivity contribution < 1.29 is 19.1 Å². The number of hydrogen-bond donors (Lipinski definition) is 0. The Kier molecular flexibility index (Phi) is 3.47. The summed E-state index contributed by atoms with van der Waals surface area (Å²) in [6.07, 6.45) is 1.98. The van der Waals surface area contributed by atoms with Gasteiger partial charge in [-0.2, -0.15) is 0 Å². The third-order valence-corrected chi connectivity index (χ3v) is 5.17. The first kappa shape index (κ1) is 15.1. The molecule has 0 aliphatic heterocycles. The van der Waals surface area contributed by atoms with Crippen molar-refractivity contribution in [2.75, 3.05) is 13.2 Å². The Morgan fingerprint density at radius 2 is 1.55 bits per heavy atom. The summed E-state index contributed by atoms with van der Waals surface area (Å²) in [7, 11) is 0. The molecule has 2 rings (SSSR count). The van der Waals surface area contributed by atoms with Crippen LogP contribution in [0.15, 0.2) is 12.2 Å². The van der Waals surface area contributed by atoms with Gasteiger partial charge in [0.15, 0.2) is 5.41 Å². The Morgan fingerprint density at radius 1 is 1.05 bits per heavy atom. The molecule has 20 heavy (non-hydrogen) atoms. The van der Waals surface area contributed by atoms with Gasteiger partial charge in [0.25, 0.3) is 0 Å². The number of esters is 2. The fourth-order valence-corrected chi connectivity index (χ4v) is 4.10. The van der Waals surface area contributed by atoms with Crippen LogP contribution in [-0.4, -0.2) is 25.2 Å². The molecule has 0 spiro atoms. The minimum absolute atomic E-state index is 0.0294. The second kappa shape index (κ2) is 4.61. The molecular formula is C16H24O4. The van der Waals surface area contributed by atoms with Crippen molar-refractivity contribution in [1.29, 1.82) is 0 Å². The Balaban J connectivity index is 2.35. The normalized spacial score (nSPS) is 33.2. The molecule has 2 atom stereocenters. The van der Waals surface area contributed by atoms with Gasteiger partial charge in [-0.15, -0.1) is 0 Å². The van der Waals surface area contributed by atoms with Crippen LogP contribution in [0.25, 0.3) is 0 Å². The van der Waals surface area contributed by atoms with Crippen molar-refractivity contribution in [2.24, 2.45) is 16.2 Å². The molecular weight excluding hydrogens is 256 g/mol. The molecule has 112 valence electrons. The number of fused-ring (bicyclic) bond motifs is 1. The quantitative estimate of drug-likeness (QED) is 0.441. The maximum Gasteiger partial charge on any atom is 0.323 e. The van der Waals surface area contributed by atoms with Crippen LogP contribution in [0.4, 0.5) is 0 Å². The van der Waals surface area contributed by atoms with E-state index in [0.717, 1.165) is 12.0 Å². The van der Waals surface area contributed by atoms with Crippen molar-refractivity contribution >= 4 is 11.9 Å². The highest BCUT2D eigenvalue weighted by Crippen LogP contribution is 2.80. The van der Waals surface area contributed by atoms with E-state index in [1.165, 1.54) is 0 Å². The molecule has 2 unspecified atom stereocenters. The van der Waals surface area contributed by atoms with E-state index >= 15 is 0 Å². The van der Waals surface area contributed by atoms with Gasteiger partial charge in [0.2, 0.25) is 0 Å². The Bertz CT molecular complexity index is 449. The molecule has 0 aromatic rings. The first-order valence-electron chi connectivity index (χ1n) is 7.28. The fraction of sp³-hybridized carbons (Fsp3) is 0.750. The van der Waals surface area contributed by atoms with Gasteiger partial charge >= 0.3 is 11.9 Å². The first-order valence-corrected chi connectivity index (χ1v) is 7.28. The van der Waals surface area contributed by atoms with E-state index in [-0.39, 0.29) is 24.0 Å². The molecule has 0 radical (unpaired) electrons. The zero-order chi connectivity index (χ0) is 15.2. The third kappa shape index (κ3) is 1.80. The lowest BCUT2D eigenvalue weighted by Gasteiger charge is -2.28. The van der Waals surface area contributed by atoms with Crippen molar-refractivity contribution in [3.63, 3.8) is 0 Å². The third-order valence-electron chi connectivity index (χ3n) is 5.17. The summed E-state index contributed by atoms with van der Waals surface area (Å²) < 4.78 is 10.3. The molecule has 0 bridgehead atoms. The van der Waals surface area contributed by atoms with Gasteiger partial charge in [0.05, 0.1) is 13.2 Å². The van der Waals surface area contributed by atoms with Gasteiger partial charge in [-0.05, 0) is 50.9 Å². The van der Waals surface area contributed by atoms with Crippen molar-refractivity contribution in [2.45, 2.75) is 47.0 Å². The number of hydrogen-bond acceptors (Lipinski definition) is 4. The summed E-state index contributed by atoms with van der Waals surface area (Å²) in [6, 6.07) is 0. The topological polar surface area (TPSA) is 52.6 Å². The Labute approximate surface area is 120 Å². The van der Waals surface area contributed by atoms with E-state index in [9.17, 15) is 9.59 Å². The van der Waals surface area contributed by atoms with Gasteiger partial charge in [-0.1, -0.05) is 19.1 Å². The van der Waals surface area contributed by atoms with Crippen LogP contribution in [0.2, 0.25) is 0 Å². The molecule has 0 amide bonds. The summed E-state index contributed by atoms with van der Waals surface area (Å²) in [5.41, 5.74) is -0.224. The zero-order valence-corrected chi connectivity index (χ0v) is 12.9. The first-order chi connectivity index (χ1) is 9.28. The lowest BCUT2D eigenvalue weighted by Crippen LogP contribution is -2.42. The van der Waals surface area contributed by atoms with Crippen molar-refractivity contribution in [1.82, 2.24) is 0 Å². The maximum atomic E-state index is 12.4. The van der Waals surface area contributed by atoms with Gasteiger partial charge < -0.3 is 9.47 Å². The molecule has 2 aliphatic carbocycles. The second-order valence-corrected chi connectivity index (χ2v) is 6.48. The van der Waals surface area contributed by atoms with E-state index in [2.05, 4.69) is 13.5 Å². The fourth-order valence-electron chi connectivity index (χ4n) is 4.10. The molecule has 0 N–H and O–H groups in total. The van der Waals surface area contributed by atoms with Crippen molar-refractivity contribution in [3.05, 3.63) is 12.2 Å². The van der Waals surface area contributed by atoms with Gasteiger partial charge in [0.1, 0.15) is 0 Å². The van der Waals surface area contributed by atoms with Crippen LogP contribution in [0.5, 0.6) is 0 Å². The van der Waals surface area contributed by atoms with Crippen molar-refractivity contribution in [3.8, 4) is 0 Å². The molecule has 0 aromatic heterocycles. The number of allylic oxidation sites excluding steroid dienone is 1. The SMILES string of the molecule is C=C(C)C12CC(C(=O)OCC)(C(=O)OCC)CC1(C)C2. The predicted molar refractivity (Wildman–Crippen MR) is 74.9 cm³/mol. The summed E-state index contributed by atoms with van der Waals surface area (Å²) in [5.74, 6) is -0.875. The van der Waals surface area contributed by atoms with Crippen LogP contribution < -0.4 is 0 Å². The molecule has 2 saturated carbocycles. The second-order valence-electron chi connectivity index (χ2n) is 6.48. The monoisotopic (exact) mass is 280 g/mol. The summed E-state index contributed by atoms with van der Waals surface area (Å²) in [5, 5.41) is 0. The smallest absolute Gasteiger partial charge is 0.323 e. The van der Waals surface area contributed by atoms with Crippen LogP contribution in [0.1, 0.15) is 47.0 Å². The predicted octanol–water partition coefficient (Wildman–Crippen LogP) is 2.87. The standard InChI is InChI=1S/C16H24O4/c1-6-19-12(17)15(13(18)20-7-2)8-14(5)9-16(14,10-15)11(3)4/h3,6-10H2,1-2,4-5H3. The van der Waals surface area contributed by atoms with E-state index in [4.69, 9.17) is 9.47 Å². The van der Waals surface area contributed by atoms with Crippen LogP contribution >= 0.6 is 0 Å². The largest absolute Gasteiger partial charge is 0.465 e. The van der Waals surface area contributed by atoms with Gasteiger partial charge in [0, 0.05) is 0 Å². The van der Waals surface area contributed by atoms with E-state index in [1.807, 2.05) is 6.92 Å². The molecule has 2 fully saturated rings. The summed E-state index contributed by atoms with van der Waals surface area (Å²) in [6.45, 7) is 12.2. The highest BCUT2D eigenvalue weighted by Gasteiger charge is 2.77. The number of carbonyl (C=O) groups is 2. The Hall–Kier alpha value is -1.32. The Morgan fingerprint density at radius 3 is 1.90 bits per heavy atom. The van der Waals surface area contributed by atoms with E-state index in [0.29, 0.717) is 12.8 Å². The van der Waals surface area contributed by atoms with E-state index < -0.39 is 17.4 Å². The highest BCUT2D eigenvalue weighted by atomic mass is 16.6. The maximum absolute atomic E-state index is 12.4. The average Bonchev–Trinajstić information content (AvgIpc) is 2.85. The van der Waals surface area contributed by atoms with E-state index in [1.54, 1.807) is 13.8 Å². The number of carbonyl (C=O) groups excluding carboxylic acids is 2. The molecule has 4 nitrogen and oxygen atoms in total. The van der Waals surface area contributed by atoms with Crippen LogP contribution in [-0.2, 0) is 19.1 Å². The molecule has 0 heterocycles.